The number of amides is 1. The summed E-state index contributed by atoms with van der Waals surface area (Å²) < 4.78 is 1.90. The van der Waals surface area contributed by atoms with Crippen molar-refractivity contribution in [2.45, 2.75) is 32.9 Å². The van der Waals surface area contributed by atoms with E-state index in [-0.39, 0.29) is 24.4 Å². The highest BCUT2D eigenvalue weighted by molar-refractivity contribution is 5.93. The van der Waals surface area contributed by atoms with Gasteiger partial charge in [-0.15, -0.1) is 12.4 Å². The normalized spacial score (nSPS) is 11.9. The van der Waals surface area contributed by atoms with E-state index < -0.39 is 0 Å². The van der Waals surface area contributed by atoms with Crippen LogP contribution in [-0.4, -0.2) is 21.7 Å². The molecule has 104 valence electrons. The average molecular weight is 283 g/mol. The Bertz CT molecular complexity index is 565. The van der Waals surface area contributed by atoms with Crippen LogP contribution in [0.25, 0.3) is 10.9 Å². The van der Waals surface area contributed by atoms with Crippen LogP contribution in [0.2, 0.25) is 0 Å². The van der Waals surface area contributed by atoms with E-state index in [0.717, 1.165) is 23.1 Å². The van der Waals surface area contributed by atoms with Crippen molar-refractivity contribution in [1.82, 2.24) is 9.78 Å². The van der Waals surface area contributed by atoms with E-state index in [1.165, 1.54) is 0 Å². The molecule has 0 radical (unpaired) electrons. The van der Waals surface area contributed by atoms with Gasteiger partial charge >= 0.3 is 0 Å². The Hall–Kier alpha value is -1.59. The summed E-state index contributed by atoms with van der Waals surface area (Å²) in [6, 6.07) is 5.64. The zero-order valence-electron chi connectivity index (χ0n) is 11.1. The molecule has 6 heteroatoms. The molecule has 5 nitrogen and oxygen atoms in total. The molecule has 0 fully saturated rings. The van der Waals surface area contributed by atoms with Crippen molar-refractivity contribution in [1.29, 1.82) is 0 Å². The molecule has 0 aliphatic rings. The second kappa shape index (κ2) is 6.54. The first kappa shape index (κ1) is 15.5. The van der Waals surface area contributed by atoms with E-state index in [4.69, 9.17) is 5.73 Å². The Morgan fingerprint density at radius 2 is 2.26 bits per heavy atom. The van der Waals surface area contributed by atoms with Crippen LogP contribution < -0.4 is 11.1 Å². The molecule has 1 amide bonds. The number of hydrogen-bond acceptors (Lipinski definition) is 3. The number of aryl methyl sites for hydroxylation is 1. The summed E-state index contributed by atoms with van der Waals surface area (Å²) in [7, 11) is 0. The quantitative estimate of drug-likeness (QED) is 0.902. The van der Waals surface area contributed by atoms with Crippen LogP contribution in [0.4, 0.5) is 5.69 Å². The minimum absolute atomic E-state index is 0. The van der Waals surface area contributed by atoms with Gasteiger partial charge in [0.2, 0.25) is 5.91 Å². The van der Waals surface area contributed by atoms with Crippen LogP contribution in [-0.2, 0) is 11.3 Å². The molecule has 0 saturated heterocycles. The largest absolute Gasteiger partial charge is 0.327 e. The highest BCUT2D eigenvalue weighted by Gasteiger charge is 2.07. The second-order valence-corrected chi connectivity index (χ2v) is 4.46. The van der Waals surface area contributed by atoms with Crippen LogP contribution in [0.3, 0.4) is 0 Å². The lowest BCUT2D eigenvalue weighted by Crippen LogP contribution is -2.23. The van der Waals surface area contributed by atoms with Crippen molar-refractivity contribution in [3.05, 3.63) is 24.4 Å². The number of aromatic nitrogens is 2. The molecule has 0 aliphatic carbocycles. The maximum atomic E-state index is 11.6. The smallest absolute Gasteiger partial charge is 0.225 e. The molecule has 0 spiro atoms. The predicted octanol–water partition coefficient (Wildman–Crippen LogP) is 2.15. The molecule has 3 N–H and O–H groups in total. The Morgan fingerprint density at radius 3 is 2.89 bits per heavy atom. The third-order valence-corrected chi connectivity index (χ3v) is 2.74. The fraction of sp³-hybridized carbons (Fsp3) is 0.385. The maximum Gasteiger partial charge on any atom is 0.225 e. The van der Waals surface area contributed by atoms with Crippen LogP contribution in [0.5, 0.6) is 0 Å². The lowest BCUT2D eigenvalue weighted by molar-refractivity contribution is -0.116. The first-order valence-electron chi connectivity index (χ1n) is 6.11. The Morgan fingerprint density at radius 1 is 1.53 bits per heavy atom. The van der Waals surface area contributed by atoms with Crippen LogP contribution in [0.15, 0.2) is 24.4 Å². The van der Waals surface area contributed by atoms with E-state index in [0.29, 0.717) is 6.42 Å². The van der Waals surface area contributed by atoms with Gasteiger partial charge < -0.3 is 11.1 Å². The molecule has 1 unspecified atom stereocenters. The van der Waals surface area contributed by atoms with Crippen LogP contribution in [0, 0.1) is 0 Å². The Labute approximate surface area is 118 Å². The van der Waals surface area contributed by atoms with Crippen molar-refractivity contribution < 1.29 is 4.79 Å². The molecule has 0 saturated carbocycles. The number of rotatable bonds is 4. The number of halogens is 1. The van der Waals surface area contributed by atoms with E-state index in [2.05, 4.69) is 10.4 Å². The van der Waals surface area contributed by atoms with Gasteiger partial charge in [0.25, 0.3) is 0 Å². The third kappa shape index (κ3) is 3.68. The van der Waals surface area contributed by atoms with E-state index >= 15 is 0 Å². The molecule has 0 aliphatic heterocycles. The van der Waals surface area contributed by atoms with Gasteiger partial charge in [-0.3, -0.25) is 9.48 Å². The monoisotopic (exact) mass is 282 g/mol. The van der Waals surface area contributed by atoms with Crippen molar-refractivity contribution in [2.75, 3.05) is 5.32 Å². The summed E-state index contributed by atoms with van der Waals surface area (Å²) in [4.78, 5) is 11.6. The standard InChI is InChI=1S/C13H18N4O.ClH/c1-3-17-12-7-11(5-4-10(12)8-15-17)16-13(18)6-9(2)14;/h4-5,7-9H,3,6,14H2,1-2H3,(H,16,18);1H. The van der Waals surface area contributed by atoms with E-state index in [9.17, 15) is 4.79 Å². The highest BCUT2D eigenvalue weighted by atomic mass is 35.5. The Kier molecular flexibility index (Phi) is 5.32. The van der Waals surface area contributed by atoms with Crippen molar-refractivity contribution in [3.63, 3.8) is 0 Å². The number of nitrogens with two attached hydrogens (primary N) is 1. The number of carbonyl (C=O) groups is 1. The summed E-state index contributed by atoms with van der Waals surface area (Å²) in [6.45, 7) is 4.66. The molecule has 2 aromatic rings. The van der Waals surface area contributed by atoms with Gasteiger partial charge in [0.1, 0.15) is 0 Å². The van der Waals surface area contributed by atoms with E-state index in [1.807, 2.05) is 42.9 Å². The summed E-state index contributed by atoms with van der Waals surface area (Å²) in [5.74, 6) is -0.0630. The summed E-state index contributed by atoms with van der Waals surface area (Å²) in [5, 5.41) is 8.18. The maximum absolute atomic E-state index is 11.6. The molecule has 1 aromatic carbocycles. The number of carbonyl (C=O) groups excluding carboxylic acids is 1. The second-order valence-electron chi connectivity index (χ2n) is 4.46. The first-order valence-corrected chi connectivity index (χ1v) is 6.11. The predicted molar refractivity (Wildman–Crippen MR) is 79.6 cm³/mol. The number of fused-ring (bicyclic) bond motifs is 1. The molecule has 0 bridgehead atoms. The SMILES string of the molecule is CCn1ncc2ccc(NC(=O)CC(C)N)cc21.Cl. The van der Waals surface area contributed by atoms with Gasteiger partial charge in [0.05, 0.1) is 11.7 Å². The van der Waals surface area contributed by atoms with Gasteiger partial charge in [-0.25, -0.2) is 0 Å². The summed E-state index contributed by atoms with van der Waals surface area (Å²) >= 11 is 0. The molecule has 1 heterocycles. The minimum atomic E-state index is -0.130. The molecular formula is C13H19ClN4O. The van der Waals surface area contributed by atoms with Gasteiger partial charge in [0.15, 0.2) is 0 Å². The van der Waals surface area contributed by atoms with Crippen molar-refractivity contribution >= 4 is 34.9 Å². The molecule has 2 rings (SSSR count). The fourth-order valence-electron chi connectivity index (χ4n) is 1.90. The van der Waals surface area contributed by atoms with Crippen LogP contribution in [0.1, 0.15) is 20.3 Å². The molecule has 1 aromatic heterocycles. The third-order valence-electron chi connectivity index (χ3n) is 2.74. The lowest BCUT2D eigenvalue weighted by atomic mass is 10.2. The van der Waals surface area contributed by atoms with Gasteiger partial charge in [-0.2, -0.15) is 5.10 Å². The van der Waals surface area contributed by atoms with Crippen molar-refractivity contribution in [3.8, 4) is 0 Å². The molecule has 1 atom stereocenters. The van der Waals surface area contributed by atoms with Crippen LogP contribution >= 0.6 is 12.4 Å². The van der Waals surface area contributed by atoms with Gasteiger partial charge in [0, 0.05) is 30.1 Å². The molecule has 19 heavy (non-hydrogen) atoms. The summed E-state index contributed by atoms with van der Waals surface area (Å²) in [6.07, 6.45) is 2.15. The minimum Gasteiger partial charge on any atom is -0.327 e. The topological polar surface area (TPSA) is 72.9 Å². The van der Waals surface area contributed by atoms with Gasteiger partial charge in [-0.1, -0.05) is 0 Å². The van der Waals surface area contributed by atoms with Crippen molar-refractivity contribution in [2.24, 2.45) is 5.73 Å². The number of benzene rings is 1. The number of hydrogen-bond donors (Lipinski definition) is 2. The van der Waals surface area contributed by atoms with Gasteiger partial charge in [-0.05, 0) is 32.0 Å². The zero-order valence-corrected chi connectivity index (χ0v) is 11.9. The zero-order chi connectivity index (χ0) is 13.1. The summed E-state index contributed by atoms with van der Waals surface area (Å²) in [5.41, 5.74) is 7.40. The molecular weight excluding hydrogens is 264 g/mol. The number of nitrogens with zero attached hydrogens (tertiary/aromatic N) is 2. The Balaban J connectivity index is 0.00000180. The fourth-order valence-corrected chi connectivity index (χ4v) is 1.90. The highest BCUT2D eigenvalue weighted by Crippen LogP contribution is 2.19. The van der Waals surface area contributed by atoms with E-state index in [1.54, 1.807) is 0 Å². The lowest BCUT2D eigenvalue weighted by Gasteiger charge is -2.08. The number of anilines is 1. The first-order chi connectivity index (χ1) is 8.60. The average Bonchev–Trinajstić information content (AvgIpc) is 2.70. The number of nitrogens with one attached hydrogen (secondary N) is 1.